The predicted molar refractivity (Wildman–Crippen MR) is 149 cm³/mol. The van der Waals surface area contributed by atoms with Gasteiger partial charge in [0.2, 0.25) is 11.8 Å². The maximum Gasteiger partial charge on any atom is 0.306 e. The van der Waals surface area contributed by atoms with Crippen molar-refractivity contribution in [2.75, 3.05) is 28.2 Å². The van der Waals surface area contributed by atoms with E-state index in [1.54, 1.807) is 28.2 Å². The maximum absolute atomic E-state index is 11.8. The normalized spacial score (nSPS) is 25.7. The van der Waals surface area contributed by atoms with Crippen molar-refractivity contribution in [2.45, 2.75) is 118 Å². The van der Waals surface area contributed by atoms with E-state index in [2.05, 4.69) is 41.5 Å². The molecule has 8 nitrogen and oxygen atoms in total. The Kier molecular flexibility index (Phi) is 13.3. The molecule has 2 aliphatic rings. The number of ether oxygens (including phenoxy) is 2. The van der Waals surface area contributed by atoms with E-state index in [9.17, 15) is 19.2 Å². The Morgan fingerprint density at radius 2 is 0.921 bits per heavy atom. The van der Waals surface area contributed by atoms with Crippen LogP contribution >= 0.6 is 0 Å². The minimum Gasteiger partial charge on any atom is -0.462 e. The highest BCUT2D eigenvalue weighted by Crippen LogP contribution is 2.40. The summed E-state index contributed by atoms with van der Waals surface area (Å²) in [4.78, 5) is 49.3. The average molecular weight is 539 g/mol. The number of esters is 2. The minimum atomic E-state index is -0.245. The fourth-order valence-electron chi connectivity index (χ4n) is 6.05. The predicted octanol–water partition coefficient (Wildman–Crippen LogP) is 5.23. The van der Waals surface area contributed by atoms with Gasteiger partial charge in [-0.25, -0.2) is 0 Å². The lowest BCUT2D eigenvalue weighted by Crippen LogP contribution is -2.34. The summed E-state index contributed by atoms with van der Waals surface area (Å²) in [5.74, 6) is 0.619. The molecule has 0 heterocycles. The van der Waals surface area contributed by atoms with Crippen molar-refractivity contribution in [1.82, 2.24) is 9.80 Å². The minimum absolute atomic E-state index is 0.0145. The number of carbonyl (C=O) groups excluding carboxylic acids is 4. The summed E-state index contributed by atoms with van der Waals surface area (Å²) >= 11 is 0. The van der Waals surface area contributed by atoms with Crippen LogP contribution in [0.1, 0.15) is 106 Å². The zero-order valence-corrected chi connectivity index (χ0v) is 25.7. The molecule has 0 radical (unpaired) electrons. The summed E-state index contributed by atoms with van der Waals surface area (Å²) in [6.45, 7) is 13.3. The van der Waals surface area contributed by atoms with Crippen molar-refractivity contribution >= 4 is 23.8 Å². The fourth-order valence-corrected chi connectivity index (χ4v) is 6.05. The average Bonchev–Trinajstić information content (AvgIpc) is 2.73. The van der Waals surface area contributed by atoms with Gasteiger partial charge in [0.05, 0.1) is 12.8 Å². The van der Waals surface area contributed by atoms with Crippen molar-refractivity contribution in [3.63, 3.8) is 0 Å². The van der Waals surface area contributed by atoms with Gasteiger partial charge in [0.25, 0.3) is 0 Å². The lowest BCUT2D eigenvalue weighted by Gasteiger charge is -2.38. The zero-order chi connectivity index (χ0) is 29.3. The number of amides is 2. The second-order valence-corrected chi connectivity index (χ2v) is 13.6. The van der Waals surface area contributed by atoms with Gasteiger partial charge in [-0.15, -0.1) is 0 Å². The molecule has 0 aromatic heterocycles. The van der Waals surface area contributed by atoms with Gasteiger partial charge in [-0.05, 0) is 61.2 Å². The van der Waals surface area contributed by atoms with Crippen LogP contribution in [0.3, 0.4) is 0 Å². The number of carbonyl (C=O) groups is 4. The number of rotatable bonds is 8. The summed E-state index contributed by atoms with van der Waals surface area (Å²) in [5.41, 5.74) is 0.476. The first-order chi connectivity index (χ1) is 17.4. The third-order valence-corrected chi connectivity index (χ3v) is 7.37. The first kappa shape index (κ1) is 33.9. The first-order valence-corrected chi connectivity index (χ1v) is 14.2. The molecular weight excluding hydrogens is 484 g/mol. The van der Waals surface area contributed by atoms with Gasteiger partial charge in [0.15, 0.2) is 0 Å². The van der Waals surface area contributed by atoms with Gasteiger partial charge in [-0.2, -0.15) is 0 Å². The second kappa shape index (κ2) is 14.9. The topological polar surface area (TPSA) is 93.2 Å². The lowest BCUT2D eigenvalue weighted by molar-refractivity contribution is -0.155. The summed E-state index contributed by atoms with van der Waals surface area (Å²) < 4.78 is 11.0. The van der Waals surface area contributed by atoms with E-state index in [0.29, 0.717) is 11.8 Å². The third kappa shape index (κ3) is 13.6. The molecule has 2 saturated carbocycles. The molecular formula is C30H54N2O6. The maximum atomic E-state index is 11.8. The van der Waals surface area contributed by atoms with E-state index in [-0.39, 0.29) is 72.5 Å². The molecule has 38 heavy (non-hydrogen) atoms. The van der Waals surface area contributed by atoms with Crippen LogP contribution in [-0.4, -0.2) is 74.0 Å². The van der Waals surface area contributed by atoms with E-state index in [4.69, 9.17) is 9.47 Å². The Morgan fingerprint density at radius 3 is 1.18 bits per heavy atom. The summed E-state index contributed by atoms with van der Waals surface area (Å²) in [6, 6.07) is 0. The van der Waals surface area contributed by atoms with Crippen molar-refractivity contribution in [3.8, 4) is 0 Å². The molecule has 4 atom stereocenters. The second-order valence-electron chi connectivity index (χ2n) is 13.6. The van der Waals surface area contributed by atoms with E-state index in [1.165, 1.54) is 22.6 Å². The Morgan fingerprint density at radius 1 is 0.605 bits per heavy atom. The fraction of sp³-hybridized carbons (Fsp3) is 0.867. The van der Waals surface area contributed by atoms with Gasteiger partial charge in [0.1, 0.15) is 12.2 Å². The van der Waals surface area contributed by atoms with Gasteiger partial charge in [-0.3, -0.25) is 19.2 Å². The molecule has 0 aromatic carbocycles. The Balaban J connectivity index is 0.000000380. The van der Waals surface area contributed by atoms with Gasteiger partial charge in [-0.1, -0.05) is 41.5 Å². The molecule has 8 heteroatoms. The molecule has 0 aliphatic heterocycles. The molecule has 0 aromatic rings. The van der Waals surface area contributed by atoms with Crippen LogP contribution < -0.4 is 0 Å². The van der Waals surface area contributed by atoms with Gasteiger partial charge >= 0.3 is 11.9 Å². The smallest absolute Gasteiger partial charge is 0.306 e. The molecule has 2 rings (SSSR count). The van der Waals surface area contributed by atoms with Crippen molar-refractivity contribution < 1.29 is 28.7 Å². The van der Waals surface area contributed by atoms with Gasteiger partial charge in [0, 0.05) is 41.0 Å². The van der Waals surface area contributed by atoms with Gasteiger partial charge < -0.3 is 19.3 Å². The highest BCUT2D eigenvalue weighted by molar-refractivity contribution is 5.81. The van der Waals surface area contributed by atoms with E-state index >= 15 is 0 Å². The first-order valence-electron chi connectivity index (χ1n) is 14.2. The highest BCUT2D eigenvalue weighted by atomic mass is 16.5. The Hall–Kier alpha value is -2.12. The van der Waals surface area contributed by atoms with Crippen LogP contribution in [-0.2, 0) is 28.7 Å². The molecule has 0 spiro atoms. The standard InChI is InChI=1S/2C15H27NO3/c2*1-11-8-12(10-15(2,3)9-11)19-14(18)7-6-13(17)16(4)5/h2*11-12H,6-10H2,1-5H3/t2*11-,12-/m10/s1. The summed E-state index contributed by atoms with van der Waals surface area (Å²) in [6.07, 6.45) is 6.95. The van der Waals surface area contributed by atoms with Crippen LogP contribution in [0, 0.1) is 22.7 Å². The van der Waals surface area contributed by atoms with Crippen LogP contribution in [0.5, 0.6) is 0 Å². The number of hydrogen-bond donors (Lipinski definition) is 0. The molecule has 0 unspecified atom stereocenters. The van der Waals surface area contributed by atoms with E-state index in [0.717, 1.165) is 25.7 Å². The summed E-state index contributed by atoms with van der Waals surface area (Å²) in [7, 11) is 6.77. The van der Waals surface area contributed by atoms with Crippen LogP contribution in [0.4, 0.5) is 0 Å². The molecule has 0 bridgehead atoms. The highest BCUT2D eigenvalue weighted by Gasteiger charge is 2.35. The van der Waals surface area contributed by atoms with E-state index in [1.807, 2.05) is 0 Å². The third-order valence-electron chi connectivity index (χ3n) is 7.37. The molecule has 2 fully saturated rings. The van der Waals surface area contributed by atoms with Crippen molar-refractivity contribution in [1.29, 1.82) is 0 Å². The largest absolute Gasteiger partial charge is 0.462 e. The lowest BCUT2D eigenvalue weighted by atomic mass is 9.71. The molecule has 0 saturated heterocycles. The monoisotopic (exact) mass is 538 g/mol. The summed E-state index contributed by atoms with van der Waals surface area (Å²) in [5, 5.41) is 0. The van der Waals surface area contributed by atoms with Crippen LogP contribution in [0.2, 0.25) is 0 Å². The SMILES string of the molecule is C[C@@H]1C[C@@H](OC(=O)CCC(=O)N(C)C)CC(C)(C)C1.C[C@H]1C[C@H](OC(=O)CCC(=O)N(C)C)CC(C)(C)C1. The number of hydrogen-bond acceptors (Lipinski definition) is 6. The van der Waals surface area contributed by atoms with Crippen molar-refractivity contribution in [2.24, 2.45) is 22.7 Å². The molecule has 2 amide bonds. The molecule has 0 N–H and O–H groups in total. The number of nitrogens with zero attached hydrogens (tertiary/aromatic N) is 2. The quantitative estimate of drug-likeness (QED) is 0.393. The van der Waals surface area contributed by atoms with Crippen LogP contribution in [0.15, 0.2) is 0 Å². The Labute approximate surface area is 231 Å². The zero-order valence-electron chi connectivity index (χ0n) is 25.7. The Bertz CT molecular complexity index is 739. The van der Waals surface area contributed by atoms with Crippen molar-refractivity contribution in [3.05, 3.63) is 0 Å². The van der Waals surface area contributed by atoms with Crippen LogP contribution in [0.25, 0.3) is 0 Å². The van der Waals surface area contributed by atoms with E-state index < -0.39 is 0 Å². The molecule has 2 aliphatic carbocycles. The molecule has 220 valence electrons.